The van der Waals surface area contributed by atoms with Crippen LogP contribution >= 0.6 is 0 Å². The van der Waals surface area contributed by atoms with Crippen LogP contribution in [0.2, 0.25) is 0 Å². The molecule has 0 aromatic heterocycles. The van der Waals surface area contributed by atoms with Crippen molar-refractivity contribution in [2.24, 2.45) is 16.8 Å². The molecule has 5 heteroatoms. The van der Waals surface area contributed by atoms with Crippen LogP contribution in [0, 0.1) is 12.8 Å². The van der Waals surface area contributed by atoms with Gasteiger partial charge in [0.2, 0.25) is 0 Å². The number of benzene rings is 1. The number of anilines is 1. The summed E-state index contributed by atoms with van der Waals surface area (Å²) in [5.74, 6) is 0.872. The fraction of sp³-hybridized carbons (Fsp3) is 0.562. The fourth-order valence-corrected chi connectivity index (χ4v) is 2.97. The normalized spacial score (nSPS) is 18.0. The van der Waals surface area contributed by atoms with Crippen LogP contribution in [0.15, 0.2) is 23.4 Å². The van der Waals surface area contributed by atoms with Gasteiger partial charge in [0.1, 0.15) is 0 Å². The number of rotatable bonds is 4. The van der Waals surface area contributed by atoms with Crippen molar-refractivity contribution in [1.29, 1.82) is 0 Å². The molecule has 0 amide bonds. The number of piperidine rings is 1. The fourth-order valence-electron chi connectivity index (χ4n) is 2.97. The van der Waals surface area contributed by atoms with E-state index in [0.29, 0.717) is 5.92 Å². The summed E-state index contributed by atoms with van der Waals surface area (Å²) in [6.45, 7) is 5.34. The molecule has 0 spiro atoms. The first-order valence-corrected chi connectivity index (χ1v) is 7.49. The number of oxime groups is 1. The van der Waals surface area contributed by atoms with Gasteiger partial charge in [0.25, 0.3) is 0 Å². The summed E-state index contributed by atoms with van der Waals surface area (Å²) in [5, 5.41) is 12.1. The smallest absolute Gasteiger partial charge is 0.172 e. The third kappa shape index (κ3) is 3.88. The Morgan fingerprint density at radius 2 is 2.10 bits per heavy atom. The number of amidine groups is 1. The van der Waals surface area contributed by atoms with Gasteiger partial charge >= 0.3 is 0 Å². The predicted octanol–water partition coefficient (Wildman–Crippen LogP) is 1.87. The van der Waals surface area contributed by atoms with Crippen molar-refractivity contribution in [1.82, 2.24) is 4.90 Å². The van der Waals surface area contributed by atoms with E-state index < -0.39 is 0 Å². The third-order valence-electron chi connectivity index (χ3n) is 4.32. The van der Waals surface area contributed by atoms with Crippen LogP contribution in [0.1, 0.15) is 24.0 Å². The maximum absolute atomic E-state index is 8.97. The molecule has 2 rings (SSSR count). The van der Waals surface area contributed by atoms with Gasteiger partial charge in [-0.1, -0.05) is 16.8 Å². The lowest BCUT2D eigenvalue weighted by molar-refractivity contribution is 0.222. The van der Waals surface area contributed by atoms with E-state index in [0.717, 1.165) is 23.4 Å². The summed E-state index contributed by atoms with van der Waals surface area (Å²) in [5.41, 5.74) is 8.75. The molecule has 0 unspecified atom stereocenters. The van der Waals surface area contributed by atoms with Gasteiger partial charge in [-0.3, -0.25) is 0 Å². The Balaban J connectivity index is 2.13. The van der Waals surface area contributed by atoms with Crippen LogP contribution in [0.4, 0.5) is 5.69 Å². The molecule has 0 atom stereocenters. The highest BCUT2D eigenvalue weighted by molar-refractivity contribution is 6.02. The molecule has 1 heterocycles. The number of nitrogens with two attached hydrogens (primary N) is 1. The molecule has 0 saturated carbocycles. The summed E-state index contributed by atoms with van der Waals surface area (Å²) in [4.78, 5) is 4.60. The molecular weight excluding hydrogens is 264 g/mol. The van der Waals surface area contributed by atoms with Crippen molar-refractivity contribution in [3.8, 4) is 0 Å². The Bertz CT molecular complexity index is 507. The van der Waals surface area contributed by atoms with E-state index in [4.69, 9.17) is 10.9 Å². The van der Waals surface area contributed by atoms with Gasteiger partial charge in [-0.15, -0.1) is 0 Å². The standard InChI is InChI=1S/C16H26N4O/c1-12-4-5-15(14(10-12)16(17)18-21)20(3)11-13-6-8-19(2)9-7-13/h4-5,10,13,21H,6-9,11H2,1-3H3,(H2,17,18). The molecule has 1 aliphatic heterocycles. The average molecular weight is 290 g/mol. The zero-order valence-corrected chi connectivity index (χ0v) is 13.2. The van der Waals surface area contributed by atoms with Crippen molar-refractivity contribution in [3.05, 3.63) is 29.3 Å². The van der Waals surface area contributed by atoms with Gasteiger partial charge in [-0.25, -0.2) is 0 Å². The maximum Gasteiger partial charge on any atom is 0.172 e. The summed E-state index contributed by atoms with van der Waals surface area (Å²) in [6.07, 6.45) is 2.46. The van der Waals surface area contributed by atoms with Crippen molar-refractivity contribution >= 4 is 11.5 Å². The van der Waals surface area contributed by atoms with E-state index in [9.17, 15) is 0 Å². The lowest BCUT2D eigenvalue weighted by Crippen LogP contribution is -2.36. The third-order valence-corrected chi connectivity index (χ3v) is 4.32. The number of aryl methyl sites for hydroxylation is 1. The first kappa shape index (κ1) is 15.6. The first-order valence-electron chi connectivity index (χ1n) is 7.49. The monoisotopic (exact) mass is 290 g/mol. The SMILES string of the molecule is Cc1ccc(N(C)CC2CCN(C)CC2)c(/C(N)=N/O)c1. The molecule has 1 aromatic carbocycles. The molecule has 0 radical (unpaired) electrons. The highest BCUT2D eigenvalue weighted by atomic mass is 16.4. The van der Waals surface area contributed by atoms with Crippen LogP contribution < -0.4 is 10.6 Å². The molecule has 0 aliphatic carbocycles. The summed E-state index contributed by atoms with van der Waals surface area (Å²) < 4.78 is 0. The van der Waals surface area contributed by atoms with E-state index in [1.807, 2.05) is 13.0 Å². The minimum absolute atomic E-state index is 0.170. The molecular formula is C16H26N4O. The molecule has 1 aromatic rings. The van der Waals surface area contributed by atoms with E-state index >= 15 is 0 Å². The number of nitrogens with zero attached hydrogens (tertiary/aromatic N) is 3. The molecule has 0 bridgehead atoms. The molecule has 1 saturated heterocycles. The van der Waals surface area contributed by atoms with Gasteiger partial charge in [-0.05, 0) is 58.0 Å². The summed E-state index contributed by atoms with van der Waals surface area (Å²) >= 11 is 0. The Labute approximate surface area is 127 Å². The zero-order chi connectivity index (χ0) is 15.4. The van der Waals surface area contributed by atoms with E-state index in [-0.39, 0.29) is 5.84 Å². The van der Waals surface area contributed by atoms with Crippen molar-refractivity contribution in [2.75, 3.05) is 38.6 Å². The van der Waals surface area contributed by atoms with Crippen LogP contribution in [0.25, 0.3) is 0 Å². The summed E-state index contributed by atoms with van der Waals surface area (Å²) in [6, 6.07) is 6.09. The molecule has 3 N–H and O–H groups in total. The second-order valence-corrected chi connectivity index (χ2v) is 6.13. The lowest BCUT2D eigenvalue weighted by atomic mass is 9.96. The predicted molar refractivity (Wildman–Crippen MR) is 87.2 cm³/mol. The lowest BCUT2D eigenvalue weighted by Gasteiger charge is -2.33. The van der Waals surface area contributed by atoms with Gasteiger partial charge in [0, 0.05) is 24.8 Å². The minimum atomic E-state index is 0.170. The van der Waals surface area contributed by atoms with Gasteiger partial charge in [-0.2, -0.15) is 0 Å². The van der Waals surface area contributed by atoms with Gasteiger partial charge < -0.3 is 20.7 Å². The molecule has 5 nitrogen and oxygen atoms in total. The topological polar surface area (TPSA) is 65.1 Å². The second kappa shape index (κ2) is 6.80. The summed E-state index contributed by atoms with van der Waals surface area (Å²) in [7, 11) is 4.26. The van der Waals surface area contributed by atoms with Crippen molar-refractivity contribution in [3.63, 3.8) is 0 Å². The number of hydrogen-bond donors (Lipinski definition) is 2. The zero-order valence-electron chi connectivity index (χ0n) is 13.2. The highest BCUT2D eigenvalue weighted by Gasteiger charge is 2.20. The number of hydrogen-bond acceptors (Lipinski definition) is 4. The van der Waals surface area contributed by atoms with Gasteiger partial charge in [0.15, 0.2) is 5.84 Å². The van der Waals surface area contributed by atoms with E-state index in [2.05, 4.69) is 41.2 Å². The largest absolute Gasteiger partial charge is 0.409 e. The Morgan fingerprint density at radius 3 is 2.71 bits per heavy atom. The quantitative estimate of drug-likeness (QED) is 0.384. The van der Waals surface area contributed by atoms with Crippen LogP contribution in [0.5, 0.6) is 0 Å². The van der Waals surface area contributed by atoms with Crippen LogP contribution in [0.3, 0.4) is 0 Å². The van der Waals surface area contributed by atoms with Gasteiger partial charge in [0.05, 0.1) is 0 Å². The van der Waals surface area contributed by atoms with Crippen LogP contribution in [-0.4, -0.2) is 49.7 Å². The van der Waals surface area contributed by atoms with E-state index in [1.165, 1.54) is 25.9 Å². The van der Waals surface area contributed by atoms with Crippen LogP contribution in [-0.2, 0) is 0 Å². The Morgan fingerprint density at radius 1 is 1.43 bits per heavy atom. The van der Waals surface area contributed by atoms with E-state index in [1.54, 1.807) is 0 Å². The molecule has 1 aliphatic rings. The first-order chi connectivity index (χ1) is 10.0. The maximum atomic E-state index is 8.97. The molecule has 116 valence electrons. The highest BCUT2D eigenvalue weighted by Crippen LogP contribution is 2.24. The molecule has 21 heavy (non-hydrogen) atoms. The molecule has 1 fully saturated rings. The average Bonchev–Trinajstić information content (AvgIpc) is 2.48. The van der Waals surface area contributed by atoms with Crippen molar-refractivity contribution < 1.29 is 5.21 Å². The number of likely N-dealkylation sites (tertiary alicyclic amines) is 1. The minimum Gasteiger partial charge on any atom is -0.409 e. The Kier molecular flexibility index (Phi) is 5.07. The Hall–Kier alpha value is -1.75. The second-order valence-electron chi connectivity index (χ2n) is 6.13. The van der Waals surface area contributed by atoms with Crippen molar-refractivity contribution in [2.45, 2.75) is 19.8 Å².